The van der Waals surface area contributed by atoms with E-state index in [0.29, 0.717) is 36.5 Å². The number of anilines is 1. The summed E-state index contributed by atoms with van der Waals surface area (Å²) < 4.78 is 28.2. The second kappa shape index (κ2) is 7.08. The Morgan fingerprint density at radius 1 is 1.32 bits per heavy atom. The fraction of sp³-hybridized carbons (Fsp3) is 0.556. The van der Waals surface area contributed by atoms with Crippen molar-refractivity contribution in [3.63, 3.8) is 0 Å². The minimum absolute atomic E-state index is 0.129. The summed E-state index contributed by atoms with van der Waals surface area (Å²) in [6.07, 6.45) is 2.44. The summed E-state index contributed by atoms with van der Waals surface area (Å²) in [6.45, 7) is -0.224. The number of nitrogens with zero attached hydrogens (tertiary/aromatic N) is 4. The van der Waals surface area contributed by atoms with E-state index in [1.165, 1.54) is 4.68 Å². The Kier molecular flexibility index (Phi) is 4.74. The Morgan fingerprint density at radius 3 is 2.68 bits per heavy atom. The number of rotatable bonds is 6. The predicted octanol–water partition coefficient (Wildman–Crippen LogP) is 2.33. The lowest BCUT2D eigenvalue weighted by Crippen LogP contribution is -2.32. The minimum Gasteiger partial charge on any atom is -0.481 e. The lowest BCUT2D eigenvalue weighted by atomic mass is 9.92. The molecule has 2 atom stereocenters. The summed E-state index contributed by atoms with van der Waals surface area (Å²) in [5, 5.41) is 25.8. The smallest absolute Gasteiger partial charge is 0.307 e. The molecule has 0 radical (unpaired) electrons. The standard InChI is InChI=1S/C18H21F2N5O3/c19-18(20)4-1-10(2-5-18)21-15-8-14(12-7-13(12)16(27)28)22-17(23-15)25-6-3-11(9-26)24-25/h3,6,8,10,12-13,26H,1-2,4-5,7,9H2,(H,27,28)(H,21,22,23). The maximum atomic E-state index is 13.4. The van der Waals surface area contributed by atoms with E-state index in [1.807, 2.05) is 0 Å². The molecule has 2 aromatic heterocycles. The van der Waals surface area contributed by atoms with Crippen LogP contribution in [0.15, 0.2) is 18.3 Å². The average Bonchev–Trinajstić information content (AvgIpc) is 3.33. The van der Waals surface area contributed by atoms with Crippen LogP contribution in [0, 0.1) is 5.92 Å². The molecule has 150 valence electrons. The Bertz CT molecular complexity index is 878. The zero-order valence-electron chi connectivity index (χ0n) is 15.1. The highest BCUT2D eigenvalue weighted by Crippen LogP contribution is 2.47. The molecule has 28 heavy (non-hydrogen) atoms. The molecule has 2 aliphatic carbocycles. The van der Waals surface area contributed by atoms with Gasteiger partial charge in [0.2, 0.25) is 5.92 Å². The number of carboxylic acids is 1. The number of aliphatic hydroxyl groups is 1. The number of alkyl halides is 2. The highest BCUT2D eigenvalue weighted by Gasteiger charge is 2.45. The number of carboxylic acid groups (broad SMARTS) is 1. The second-order valence-corrected chi connectivity index (χ2v) is 7.45. The van der Waals surface area contributed by atoms with Gasteiger partial charge in [0.05, 0.1) is 23.9 Å². The van der Waals surface area contributed by atoms with E-state index >= 15 is 0 Å². The van der Waals surface area contributed by atoms with Gasteiger partial charge in [-0.2, -0.15) is 10.1 Å². The summed E-state index contributed by atoms with van der Waals surface area (Å²) in [5.74, 6) is -3.45. The Morgan fingerprint density at radius 2 is 2.07 bits per heavy atom. The lowest BCUT2D eigenvalue weighted by Gasteiger charge is -2.29. The molecule has 0 aromatic carbocycles. The second-order valence-electron chi connectivity index (χ2n) is 7.45. The maximum absolute atomic E-state index is 13.4. The van der Waals surface area contributed by atoms with E-state index in [-0.39, 0.29) is 37.4 Å². The third kappa shape index (κ3) is 3.96. The van der Waals surface area contributed by atoms with Crippen molar-refractivity contribution in [1.29, 1.82) is 0 Å². The van der Waals surface area contributed by atoms with Crippen molar-refractivity contribution in [2.75, 3.05) is 5.32 Å². The number of aromatic nitrogens is 4. The average molecular weight is 393 g/mol. The first-order valence-electron chi connectivity index (χ1n) is 9.26. The Hall–Kier alpha value is -2.62. The molecule has 4 rings (SSSR count). The molecule has 2 fully saturated rings. The largest absolute Gasteiger partial charge is 0.481 e. The van der Waals surface area contributed by atoms with Gasteiger partial charge >= 0.3 is 5.97 Å². The summed E-state index contributed by atoms with van der Waals surface area (Å²) >= 11 is 0. The Balaban J connectivity index is 1.60. The van der Waals surface area contributed by atoms with Gasteiger partial charge in [-0.3, -0.25) is 4.79 Å². The Labute approximate surface area is 159 Å². The molecule has 0 amide bonds. The van der Waals surface area contributed by atoms with E-state index in [1.54, 1.807) is 18.3 Å². The predicted molar refractivity (Wildman–Crippen MR) is 94.4 cm³/mol. The fourth-order valence-corrected chi connectivity index (χ4v) is 3.57. The van der Waals surface area contributed by atoms with Gasteiger partial charge in [-0.15, -0.1) is 0 Å². The van der Waals surface area contributed by atoms with Crippen molar-refractivity contribution in [2.45, 2.75) is 56.6 Å². The highest BCUT2D eigenvalue weighted by atomic mass is 19.3. The maximum Gasteiger partial charge on any atom is 0.307 e. The normalized spacial score (nSPS) is 24.1. The van der Waals surface area contributed by atoms with Crippen molar-refractivity contribution in [1.82, 2.24) is 19.7 Å². The van der Waals surface area contributed by atoms with Crippen LogP contribution in [-0.4, -0.2) is 47.9 Å². The first-order valence-corrected chi connectivity index (χ1v) is 9.26. The highest BCUT2D eigenvalue weighted by molar-refractivity contribution is 5.75. The molecule has 2 saturated carbocycles. The van der Waals surface area contributed by atoms with E-state index in [9.17, 15) is 23.8 Å². The first kappa shape index (κ1) is 18.7. The first-order chi connectivity index (χ1) is 13.3. The van der Waals surface area contributed by atoms with Gasteiger partial charge in [-0.1, -0.05) is 0 Å². The number of nitrogens with one attached hydrogen (secondary N) is 1. The number of carbonyl (C=O) groups is 1. The zero-order chi connectivity index (χ0) is 19.9. The molecule has 2 aromatic rings. The molecule has 2 unspecified atom stereocenters. The molecule has 0 saturated heterocycles. The third-order valence-corrected chi connectivity index (χ3v) is 5.30. The molecule has 2 heterocycles. The number of aliphatic hydroxyl groups excluding tert-OH is 1. The molecular weight excluding hydrogens is 372 g/mol. The number of halogens is 2. The molecule has 3 N–H and O–H groups in total. The SMILES string of the molecule is O=C(O)C1CC1c1cc(NC2CCC(F)(F)CC2)nc(-n2ccc(CO)n2)n1. The number of hydrogen-bond donors (Lipinski definition) is 3. The van der Waals surface area contributed by atoms with Crippen LogP contribution in [0.3, 0.4) is 0 Å². The zero-order valence-corrected chi connectivity index (χ0v) is 15.1. The van der Waals surface area contributed by atoms with Crippen molar-refractivity contribution < 1.29 is 23.8 Å². The summed E-state index contributed by atoms with van der Waals surface area (Å²) in [5.41, 5.74) is 1.04. The van der Waals surface area contributed by atoms with Crippen LogP contribution in [0.1, 0.15) is 49.4 Å². The van der Waals surface area contributed by atoms with Crippen LogP contribution >= 0.6 is 0 Å². The third-order valence-electron chi connectivity index (χ3n) is 5.30. The van der Waals surface area contributed by atoms with Gasteiger partial charge in [0.25, 0.3) is 5.95 Å². The number of hydrogen-bond acceptors (Lipinski definition) is 6. The van der Waals surface area contributed by atoms with Crippen LogP contribution in [0.5, 0.6) is 0 Å². The van der Waals surface area contributed by atoms with Crippen molar-refractivity contribution >= 4 is 11.8 Å². The molecule has 0 spiro atoms. The summed E-state index contributed by atoms with van der Waals surface area (Å²) in [7, 11) is 0. The minimum atomic E-state index is -2.61. The molecule has 0 aliphatic heterocycles. The summed E-state index contributed by atoms with van der Waals surface area (Å²) in [4.78, 5) is 20.1. The van der Waals surface area contributed by atoms with Gasteiger partial charge in [0, 0.05) is 37.1 Å². The quantitative estimate of drug-likeness (QED) is 0.690. The van der Waals surface area contributed by atoms with Crippen LogP contribution in [-0.2, 0) is 11.4 Å². The topological polar surface area (TPSA) is 113 Å². The molecule has 10 heteroatoms. The van der Waals surface area contributed by atoms with Crippen LogP contribution in [0.4, 0.5) is 14.6 Å². The van der Waals surface area contributed by atoms with E-state index < -0.39 is 17.8 Å². The monoisotopic (exact) mass is 393 g/mol. The van der Waals surface area contributed by atoms with Crippen molar-refractivity contribution in [2.24, 2.45) is 5.92 Å². The lowest BCUT2D eigenvalue weighted by molar-refractivity contribution is -0.138. The molecular formula is C18H21F2N5O3. The van der Waals surface area contributed by atoms with Crippen LogP contribution in [0.2, 0.25) is 0 Å². The van der Waals surface area contributed by atoms with Gasteiger partial charge in [-0.05, 0) is 25.3 Å². The van der Waals surface area contributed by atoms with Crippen LogP contribution < -0.4 is 5.32 Å². The van der Waals surface area contributed by atoms with Crippen LogP contribution in [0.25, 0.3) is 5.95 Å². The van der Waals surface area contributed by atoms with Gasteiger partial charge < -0.3 is 15.5 Å². The van der Waals surface area contributed by atoms with Gasteiger partial charge in [0.15, 0.2) is 0 Å². The molecule has 8 nitrogen and oxygen atoms in total. The van der Waals surface area contributed by atoms with E-state index in [0.717, 1.165) is 0 Å². The van der Waals surface area contributed by atoms with Gasteiger partial charge in [0.1, 0.15) is 5.82 Å². The molecule has 2 aliphatic rings. The summed E-state index contributed by atoms with van der Waals surface area (Å²) in [6, 6.07) is 3.19. The number of aliphatic carboxylic acids is 1. The van der Waals surface area contributed by atoms with Gasteiger partial charge in [-0.25, -0.2) is 18.4 Å². The molecule has 0 bridgehead atoms. The van der Waals surface area contributed by atoms with Crippen molar-refractivity contribution in [3.8, 4) is 5.95 Å². The van der Waals surface area contributed by atoms with Crippen molar-refractivity contribution in [3.05, 3.63) is 29.7 Å². The van der Waals surface area contributed by atoms with E-state index in [2.05, 4.69) is 20.4 Å². The fourth-order valence-electron chi connectivity index (χ4n) is 3.57. The van der Waals surface area contributed by atoms with E-state index in [4.69, 9.17) is 0 Å².